The number of carbonyl (C=O) groups is 1. The third-order valence-electron chi connectivity index (χ3n) is 3.75. The molecular weight excluding hydrogens is 357 g/mol. The van der Waals surface area contributed by atoms with E-state index in [0.717, 1.165) is 25.1 Å². The van der Waals surface area contributed by atoms with Crippen molar-refractivity contribution in [3.05, 3.63) is 33.4 Å². The second-order valence-electron chi connectivity index (χ2n) is 5.53. The molecule has 0 spiro atoms. The van der Waals surface area contributed by atoms with Crippen LogP contribution in [-0.2, 0) is 9.53 Å². The summed E-state index contributed by atoms with van der Waals surface area (Å²) in [5.41, 5.74) is -0.394. The number of hydrogen-bond acceptors (Lipinski definition) is 7. The normalized spacial score (nSPS) is 17.0. The van der Waals surface area contributed by atoms with Gasteiger partial charge >= 0.3 is 17.4 Å². The molecule has 2 N–H and O–H groups in total. The topological polar surface area (TPSA) is 117 Å². The number of fused-ring (bicyclic) bond motifs is 1. The summed E-state index contributed by atoms with van der Waals surface area (Å²) >= 11 is 5.65. The van der Waals surface area contributed by atoms with Crippen LogP contribution < -0.4 is 20.2 Å². The zero-order valence-corrected chi connectivity index (χ0v) is 13.8. The van der Waals surface area contributed by atoms with Gasteiger partial charge < -0.3 is 20.5 Å². The molecule has 1 atom stereocenters. The number of benzene rings is 1. The summed E-state index contributed by atoms with van der Waals surface area (Å²) in [5, 5.41) is 33.0. The van der Waals surface area contributed by atoms with E-state index < -0.39 is 11.8 Å². The van der Waals surface area contributed by atoms with Crippen LogP contribution in [0.4, 0.5) is 10.3 Å². The second-order valence-corrected chi connectivity index (χ2v) is 5.93. The number of hydrogen-bond donors (Lipinski definition) is 2. The molecule has 1 unspecified atom stereocenters. The number of nitrogens with one attached hydrogen (secondary N) is 2. The summed E-state index contributed by atoms with van der Waals surface area (Å²) in [6, 6.07) is 1.88. The van der Waals surface area contributed by atoms with Crippen LogP contribution >= 0.6 is 11.6 Å². The van der Waals surface area contributed by atoms with Crippen LogP contribution in [0.2, 0.25) is 5.02 Å². The van der Waals surface area contributed by atoms with Crippen molar-refractivity contribution in [1.29, 1.82) is 0 Å². The van der Waals surface area contributed by atoms with Crippen molar-refractivity contribution in [2.45, 2.75) is 18.9 Å². The molecule has 0 saturated carbocycles. The molecule has 1 saturated heterocycles. The van der Waals surface area contributed by atoms with Crippen molar-refractivity contribution < 1.29 is 23.5 Å². The van der Waals surface area contributed by atoms with E-state index in [9.17, 15) is 19.6 Å². The number of aromatic nitrogens is 3. The summed E-state index contributed by atoms with van der Waals surface area (Å²) in [6.45, 7) is 1.48. The molecule has 1 aliphatic rings. The van der Waals surface area contributed by atoms with Crippen molar-refractivity contribution in [3.63, 3.8) is 0 Å². The van der Waals surface area contributed by atoms with Gasteiger partial charge in [0.25, 0.3) is 0 Å². The van der Waals surface area contributed by atoms with Gasteiger partial charge in [0.1, 0.15) is 11.9 Å². The number of carbonyl (C=O) groups excluding carboxylic acids is 1. The van der Waals surface area contributed by atoms with E-state index in [1.165, 1.54) is 0 Å². The highest BCUT2D eigenvalue weighted by Crippen LogP contribution is 2.18. The van der Waals surface area contributed by atoms with E-state index in [1.54, 1.807) is 0 Å². The molecule has 9 nitrogen and oxygen atoms in total. The Morgan fingerprint density at radius 3 is 3.00 bits per heavy atom. The van der Waals surface area contributed by atoms with Crippen LogP contribution in [0.15, 0.2) is 12.1 Å². The van der Waals surface area contributed by atoms with Crippen LogP contribution in [0.1, 0.15) is 12.8 Å². The lowest BCUT2D eigenvalue weighted by molar-refractivity contribution is -0.672. The first-order valence-electron chi connectivity index (χ1n) is 7.62. The average Bonchev–Trinajstić information content (AvgIpc) is 3.07. The fourth-order valence-electron chi connectivity index (χ4n) is 2.49. The minimum Gasteiger partial charge on any atom is -0.739 e. The summed E-state index contributed by atoms with van der Waals surface area (Å²) in [5.74, 6) is -1.56. The number of anilines is 1. The standard InChI is InChI=1S/C14H15ClFN5O4/c15-9-5-11-12(6-10(9)16)21(24)19-14(20(11)23)18-4-2-13(22)25-8-1-3-17-7-8/h5-6,8,17H,1-4,7H2,(H,18,19). The third-order valence-corrected chi connectivity index (χ3v) is 4.04. The molecule has 2 aromatic rings. The Labute approximate surface area is 146 Å². The molecular formula is C14H15ClFN5O4. The van der Waals surface area contributed by atoms with Gasteiger partial charge in [-0.05, 0) is 13.0 Å². The predicted molar refractivity (Wildman–Crippen MR) is 85.1 cm³/mol. The molecule has 25 heavy (non-hydrogen) atoms. The minimum absolute atomic E-state index is 0.000746. The Bertz CT molecular complexity index is 816. The molecule has 1 fully saturated rings. The Morgan fingerprint density at radius 2 is 2.28 bits per heavy atom. The summed E-state index contributed by atoms with van der Waals surface area (Å²) < 4.78 is 19.0. The Kier molecular flexibility index (Phi) is 5.00. The quantitative estimate of drug-likeness (QED) is 0.431. The first-order valence-corrected chi connectivity index (χ1v) is 7.99. The highest BCUT2D eigenvalue weighted by Gasteiger charge is 2.23. The lowest BCUT2D eigenvalue weighted by atomic mass is 10.3. The molecule has 1 aliphatic heterocycles. The molecule has 1 aromatic carbocycles. The smallest absolute Gasteiger partial charge is 0.460 e. The fraction of sp³-hybridized carbons (Fsp3) is 0.429. The zero-order chi connectivity index (χ0) is 18.0. The Morgan fingerprint density at radius 1 is 1.48 bits per heavy atom. The van der Waals surface area contributed by atoms with E-state index in [0.29, 0.717) is 11.3 Å². The fourth-order valence-corrected chi connectivity index (χ4v) is 2.65. The van der Waals surface area contributed by atoms with E-state index in [4.69, 9.17) is 16.3 Å². The van der Waals surface area contributed by atoms with Gasteiger partial charge in [-0.2, -0.15) is 0 Å². The lowest BCUT2D eigenvalue weighted by Gasteiger charge is -2.11. The number of rotatable bonds is 5. The van der Waals surface area contributed by atoms with Crippen LogP contribution in [0, 0.1) is 16.2 Å². The molecule has 11 heteroatoms. The molecule has 0 radical (unpaired) electrons. The van der Waals surface area contributed by atoms with Gasteiger partial charge in [0.15, 0.2) is 5.52 Å². The van der Waals surface area contributed by atoms with E-state index in [1.807, 2.05) is 0 Å². The van der Waals surface area contributed by atoms with Gasteiger partial charge in [-0.15, -0.1) is 0 Å². The largest absolute Gasteiger partial charge is 0.739 e. The van der Waals surface area contributed by atoms with E-state index in [-0.39, 0.29) is 45.9 Å². The summed E-state index contributed by atoms with van der Waals surface area (Å²) in [6.07, 6.45) is 0.621. The number of esters is 1. The van der Waals surface area contributed by atoms with Crippen LogP contribution in [0.3, 0.4) is 0 Å². The van der Waals surface area contributed by atoms with E-state index in [2.05, 4.69) is 15.7 Å². The summed E-state index contributed by atoms with van der Waals surface area (Å²) in [4.78, 5) is 11.8. The van der Waals surface area contributed by atoms with Crippen molar-refractivity contribution in [3.8, 4) is 0 Å². The van der Waals surface area contributed by atoms with Crippen LogP contribution in [0.5, 0.6) is 0 Å². The zero-order valence-electron chi connectivity index (χ0n) is 13.0. The number of nitrogens with zero attached hydrogens (tertiary/aromatic N) is 3. The maximum absolute atomic E-state index is 13.4. The van der Waals surface area contributed by atoms with Gasteiger partial charge in [0.2, 0.25) is 5.10 Å². The Balaban J connectivity index is 1.68. The molecule has 3 rings (SSSR count). The molecule has 134 valence electrons. The highest BCUT2D eigenvalue weighted by molar-refractivity contribution is 6.31. The molecule has 2 heterocycles. The molecule has 0 aliphatic carbocycles. The first-order chi connectivity index (χ1) is 12.0. The van der Waals surface area contributed by atoms with Crippen molar-refractivity contribution in [1.82, 2.24) is 10.4 Å². The van der Waals surface area contributed by atoms with Gasteiger partial charge in [-0.25, -0.2) is 9.12 Å². The highest BCUT2D eigenvalue weighted by atomic mass is 35.5. The maximum atomic E-state index is 13.4. The van der Waals surface area contributed by atoms with Crippen LogP contribution in [-0.4, -0.2) is 36.8 Å². The van der Waals surface area contributed by atoms with E-state index >= 15 is 0 Å². The van der Waals surface area contributed by atoms with Gasteiger partial charge in [-0.1, -0.05) is 11.6 Å². The molecule has 1 aromatic heterocycles. The SMILES string of the molecule is O=C(CCNc1n[n+]([O-])c2cc(F)c(Cl)cc2[n+]1[O-])OC1CCNC1. The molecule has 0 bridgehead atoms. The first kappa shape index (κ1) is 17.4. The van der Waals surface area contributed by atoms with Crippen molar-refractivity contribution in [2.75, 3.05) is 25.0 Å². The van der Waals surface area contributed by atoms with Crippen LogP contribution in [0.25, 0.3) is 11.0 Å². The number of ether oxygens (including phenoxy) is 1. The summed E-state index contributed by atoms with van der Waals surface area (Å²) in [7, 11) is 0. The minimum atomic E-state index is -0.828. The average molecular weight is 372 g/mol. The lowest BCUT2D eigenvalue weighted by Crippen LogP contribution is -2.44. The number of halogens is 2. The van der Waals surface area contributed by atoms with Gasteiger partial charge in [-0.3, -0.25) is 10.1 Å². The van der Waals surface area contributed by atoms with Crippen molar-refractivity contribution >= 4 is 34.6 Å². The molecule has 0 amide bonds. The van der Waals surface area contributed by atoms with Gasteiger partial charge in [0.05, 0.1) is 24.1 Å². The van der Waals surface area contributed by atoms with Crippen molar-refractivity contribution in [2.24, 2.45) is 0 Å². The Hall–Kier alpha value is -2.46. The third kappa shape index (κ3) is 3.80. The maximum Gasteiger partial charge on any atom is 0.460 e. The predicted octanol–water partition coefficient (Wildman–Crippen LogP) is 0.00120. The monoisotopic (exact) mass is 371 g/mol. The second kappa shape index (κ2) is 7.19. The van der Waals surface area contributed by atoms with Gasteiger partial charge in [0, 0.05) is 17.5 Å².